The van der Waals surface area contributed by atoms with Crippen LogP contribution in [0.5, 0.6) is 5.75 Å². The summed E-state index contributed by atoms with van der Waals surface area (Å²) in [5, 5.41) is 0. The smallest absolute Gasteiger partial charge is 0.156 e. The van der Waals surface area contributed by atoms with Gasteiger partial charge in [0.15, 0.2) is 5.78 Å². The first-order valence-electron chi connectivity index (χ1n) is 4.78. The lowest BCUT2D eigenvalue weighted by Crippen LogP contribution is -1.86. The minimum Gasteiger partial charge on any atom is -0.496 e. The Morgan fingerprint density at radius 2 is 2.13 bits per heavy atom. The Bertz CT molecular complexity index is 435. The maximum Gasteiger partial charge on any atom is 0.156 e. The lowest BCUT2D eigenvalue weighted by molar-refractivity contribution is -0.114. The summed E-state index contributed by atoms with van der Waals surface area (Å²) in [4.78, 5) is 11.1. The molecule has 0 aromatic heterocycles. The zero-order chi connectivity index (χ0) is 10.8. The van der Waals surface area contributed by atoms with E-state index in [1.165, 1.54) is 0 Å². The third kappa shape index (κ3) is 2.12. The highest BCUT2D eigenvalue weighted by Crippen LogP contribution is 2.32. The van der Waals surface area contributed by atoms with Gasteiger partial charge < -0.3 is 4.74 Å². The fourth-order valence-electron chi connectivity index (χ4n) is 1.69. The molecule has 0 atom stereocenters. The molecular weight excluding hydrogens is 256 g/mol. The second-order valence-electron chi connectivity index (χ2n) is 3.49. The number of benzene rings is 1. The normalized spacial score (nSPS) is 15.3. The quantitative estimate of drug-likeness (QED) is 0.822. The van der Waals surface area contributed by atoms with Crippen molar-refractivity contribution in [1.29, 1.82) is 0 Å². The average molecular weight is 267 g/mol. The van der Waals surface area contributed by atoms with Crippen molar-refractivity contribution in [2.24, 2.45) is 0 Å². The van der Waals surface area contributed by atoms with E-state index in [9.17, 15) is 4.79 Å². The first-order chi connectivity index (χ1) is 7.20. The molecule has 2 rings (SSSR count). The fourth-order valence-corrected chi connectivity index (χ4v) is 2.23. The summed E-state index contributed by atoms with van der Waals surface area (Å²) in [6.45, 7) is 0. The Morgan fingerprint density at radius 3 is 2.67 bits per heavy atom. The van der Waals surface area contributed by atoms with Crippen LogP contribution < -0.4 is 4.74 Å². The Balaban J connectivity index is 2.34. The molecule has 1 aliphatic rings. The Labute approximate surface area is 97.1 Å². The Hall–Kier alpha value is -1.09. The topological polar surface area (TPSA) is 26.3 Å². The van der Waals surface area contributed by atoms with Crippen molar-refractivity contribution in [3.8, 4) is 5.75 Å². The number of hydrogen-bond donors (Lipinski definition) is 0. The van der Waals surface area contributed by atoms with Crippen molar-refractivity contribution in [2.45, 2.75) is 12.8 Å². The zero-order valence-electron chi connectivity index (χ0n) is 8.42. The third-order valence-electron chi connectivity index (χ3n) is 2.50. The Morgan fingerprint density at radius 1 is 1.33 bits per heavy atom. The highest BCUT2D eigenvalue weighted by molar-refractivity contribution is 9.10. The maximum absolute atomic E-state index is 11.1. The molecule has 0 bridgehead atoms. The summed E-state index contributed by atoms with van der Waals surface area (Å²) in [5.41, 5.74) is 2.21. The third-order valence-corrected chi connectivity index (χ3v) is 3.12. The molecule has 1 aromatic carbocycles. The van der Waals surface area contributed by atoms with Gasteiger partial charge in [0.1, 0.15) is 5.75 Å². The molecule has 0 spiro atoms. The predicted molar refractivity (Wildman–Crippen MR) is 62.9 cm³/mol. The van der Waals surface area contributed by atoms with Crippen molar-refractivity contribution in [1.82, 2.24) is 0 Å². The summed E-state index contributed by atoms with van der Waals surface area (Å²) in [7, 11) is 1.64. The van der Waals surface area contributed by atoms with Crippen LogP contribution in [0.1, 0.15) is 18.4 Å². The minimum atomic E-state index is 0.219. The molecule has 1 aliphatic carbocycles. The van der Waals surface area contributed by atoms with E-state index in [0.717, 1.165) is 27.8 Å². The van der Waals surface area contributed by atoms with Crippen LogP contribution in [0.25, 0.3) is 5.57 Å². The van der Waals surface area contributed by atoms with Crippen LogP contribution in [0.3, 0.4) is 0 Å². The monoisotopic (exact) mass is 266 g/mol. The SMILES string of the molecule is COc1ccc(C2=CC(=O)CC2)cc1Br. The van der Waals surface area contributed by atoms with Crippen LogP contribution in [-0.2, 0) is 4.79 Å². The van der Waals surface area contributed by atoms with E-state index in [-0.39, 0.29) is 5.78 Å². The predicted octanol–water partition coefficient (Wildman–Crippen LogP) is 3.20. The van der Waals surface area contributed by atoms with Crippen molar-refractivity contribution in [3.05, 3.63) is 34.3 Å². The van der Waals surface area contributed by atoms with Crippen molar-refractivity contribution < 1.29 is 9.53 Å². The molecule has 78 valence electrons. The summed E-state index contributed by atoms with van der Waals surface area (Å²) in [6, 6.07) is 5.88. The molecule has 0 fully saturated rings. The summed E-state index contributed by atoms with van der Waals surface area (Å²) >= 11 is 3.43. The van der Waals surface area contributed by atoms with Gasteiger partial charge in [-0.2, -0.15) is 0 Å². The molecule has 2 nitrogen and oxygen atoms in total. The molecule has 0 heterocycles. The first-order valence-corrected chi connectivity index (χ1v) is 5.57. The van der Waals surface area contributed by atoms with Crippen LogP contribution in [-0.4, -0.2) is 12.9 Å². The van der Waals surface area contributed by atoms with Gasteiger partial charge in [0.25, 0.3) is 0 Å². The molecule has 0 N–H and O–H groups in total. The molecule has 0 saturated carbocycles. The second kappa shape index (κ2) is 4.19. The fraction of sp³-hybridized carbons (Fsp3) is 0.250. The van der Waals surface area contributed by atoms with Gasteiger partial charge in [-0.25, -0.2) is 0 Å². The van der Waals surface area contributed by atoms with Gasteiger partial charge in [0.05, 0.1) is 11.6 Å². The molecule has 15 heavy (non-hydrogen) atoms. The van der Waals surface area contributed by atoms with Gasteiger partial charge in [-0.3, -0.25) is 4.79 Å². The average Bonchev–Trinajstić information content (AvgIpc) is 2.65. The number of carbonyl (C=O) groups excluding carboxylic acids is 1. The van der Waals surface area contributed by atoms with Gasteiger partial charge in [-0.15, -0.1) is 0 Å². The largest absolute Gasteiger partial charge is 0.496 e. The molecule has 0 aliphatic heterocycles. The highest BCUT2D eigenvalue weighted by Gasteiger charge is 2.14. The number of rotatable bonds is 2. The maximum atomic E-state index is 11.1. The van der Waals surface area contributed by atoms with E-state index in [1.807, 2.05) is 18.2 Å². The molecule has 0 radical (unpaired) electrons. The number of halogens is 1. The van der Waals surface area contributed by atoms with E-state index in [4.69, 9.17) is 4.74 Å². The number of methoxy groups -OCH3 is 1. The molecule has 0 amide bonds. The zero-order valence-corrected chi connectivity index (χ0v) is 10.0. The number of carbonyl (C=O) groups is 1. The number of hydrogen-bond acceptors (Lipinski definition) is 2. The molecule has 3 heteroatoms. The van der Waals surface area contributed by atoms with Crippen LogP contribution in [0.2, 0.25) is 0 Å². The van der Waals surface area contributed by atoms with Gasteiger partial charge in [-0.05, 0) is 51.7 Å². The molecule has 0 unspecified atom stereocenters. The van der Waals surface area contributed by atoms with E-state index >= 15 is 0 Å². The van der Waals surface area contributed by atoms with Crippen LogP contribution >= 0.6 is 15.9 Å². The van der Waals surface area contributed by atoms with E-state index in [1.54, 1.807) is 13.2 Å². The highest BCUT2D eigenvalue weighted by atomic mass is 79.9. The second-order valence-corrected chi connectivity index (χ2v) is 4.34. The lowest BCUT2D eigenvalue weighted by Gasteiger charge is -2.06. The Kier molecular flexibility index (Phi) is 2.91. The minimum absolute atomic E-state index is 0.219. The van der Waals surface area contributed by atoms with Crippen LogP contribution in [0.4, 0.5) is 0 Å². The number of ether oxygens (including phenoxy) is 1. The van der Waals surface area contributed by atoms with Crippen molar-refractivity contribution >= 4 is 27.3 Å². The molecule has 0 saturated heterocycles. The standard InChI is InChI=1S/C12H11BrO2/c1-15-12-5-3-9(7-11(12)13)8-2-4-10(14)6-8/h3,5-7H,2,4H2,1H3. The van der Waals surface area contributed by atoms with Crippen LogP contribution in [0.15, 0.2) is 28.7 Å². The van der Waals surface area contributed by atoms with Gasteiger partial charge in [0.2, 0.25) is 0 Å². The van der Waals surface area contributed by atoms with E-state index < -0.39 is 0 Å². The number of allylic oxidation sites excluding steroid dienone is 2. The summed E-state index contributed by atoms with van der Waals surface area (Å²) in [6.07, 6.45) is 3.21. The molecular formula is C12H11BrO2. The molecule has 1 aromatic rings. The number of ketones is 1. The lowest BCUT2D eigenvalue weighted by atomic mass is 10.1. The van der Waals surface area contributed by atoms with E-state index in [2.05, 4.69) is 15.9 Å². The van der Waals surface area contributed by atoms with Gasteiger partial charge >= 0.3 is 0 Å². The first kappa shape index (κ1) is 10.4. The summed E-state index contributed by atoms with van der Waals surface area (Å²) < 4.78 is 6.07. The van der Waals surface area contributed by atoms with Gasteiger partial charge in [-0.1, -0.05) is 6.07 Å². The van der Waals surface area contributed by atoms with Crippen molar-refractivity contribution in [3.63, 3.8) is 0 Å². The van der Waals surface area contributed by atoms with E-state index in [0.29, 0.717) is 6.42 Å². The van der Waals surface area contributed by atoms with Gasteiger partial charge in [0, 0.05) is 6.42 Å². The summed E-state index contributed by atoms with van der Waals surface area (Å²) in [5.74, 6) is 1.03. The van der Waals surface area contributed by atoms with Crippen molar-refractivity contribution in [2.75, 3.05) is 7.11 Å². The van der Waals surface area contributed by atoms with Crippen LogP contribution in [0, 0.1) is 0 Å².